The van der Waals surface area contributed by atoms with E-state index in [4.69, 9.17) is 11.6 Å². The monoisotopic (exact) mass is 254 g/mol. The first kappa shape index (κ1) is 11.6. The van der Waals surface area contributed by atoms with Crippen molar-refractivity contribution in [3.05, 3.63) is 70.2 Å². The molecule has 0 amide bonds. The average Bonchev–Trinajstić information content (AvgIpc) is 3.23. The Kier molecular flexibility index (Phi) is 3.21. The SMILES string of the molecule is Clc1ccccc1/C=C/c1ccccc1C1CC1. The number of hydrogen-bond donors (Lipinski definition) is 0. The second kappa shape index (κ2) is 4.99. The molecule has 1 saturated carbocycles. The number of hydrogen-bond acceptors (Lipinski definition) is 0. The highest BCUT2D eigenvalue weighted by Gasteiger charge is 2.24. The van der Waals surface area contributed by atoms with Gasteiger partial charge in [-0.15, -0.1) is 0 Å². The molecule has 0 unspecified atom stereocenters. The van der Waals surface area contributed by atoms with Crippen LogP contribution in [-0.4, -0.2) is 0 Å². The molecule has 0 N–H and O–H groups in total. The Bertz CT molecular complexity index is 580. The quantitative estimate of drug-likeness (QED) is 0.645. The Hall–Kier alpha value is -1.53. The van der Waals surface area contributed by atoms with Crippen LogP contribution in [0, 0.1) is 0 Å². The van der Waals surface area contributed by atoms with Gasteiger partial charge in [0.1, 0.15) is 0 Å². The van der Waals surface area contributed by atoms with Crippen LogP contribution in [0.1, 0.15) is 35.4 Å². The van der Waals surface area contributed by atoms with Gasteiger partial charge in [-0.05, 0) is 41.5 Å². The summed E-state index contributed by atoms with van der Waals surface area (Å²) in [5.41, 5.74) is 3.87. The summed E-state index contributed by atoms with van der Waals surface area (Å²) in [6.45, 7) is 0. The maximum absolute atomic E-state index is 6.15. The summed E-state index contributed by atoms with van der Waals surface area (Å²) in [5, 5.41) is 0.803. The van der Waals surface area contributed by atoms with Crippen LogP contribution in [-0.2, 0) is 0 Å². The molecule has 2 aromatic rings. The molecule has 0 saturated heterocycles. The summed E-state index contributed by atoms with van der Waals surface area (Å²) in [6.07, 6.45) is 6.94. The van der Waals surface area contributed by atoms with Crippen molar-refractivity contribution in [2.75, 3.05) is 0 Å². The van der Waals surface area contributed by atoms with Crippen molar-refractivity contribution in [1.29, 1.82) is 0 Å². The molecule has 0 bridgehead atoms. The first-order valence-electron chi connectivity index (χ1n) is 6.36. The van der Waals surface area contributed by atoms with Gasteiger partial charge in [0.15, 0.2) is 0 Å². The molecule has 3 rings (SSSR count). The van der Waals surface area contributed by atoms with E-state index >= 15 is 0 Å². The average molecular weight is 255 g/mol. The molecule has 0 atom stereocenters. The molecule has 90 valence electrons. The summed E-state index contributed by atoms with van der Waals surface area (Å²) < 4.78 is 0. The molecule has 0 aromatic heterocycles. The van der Waals surface area contributed by atoms with E-state index in [1.165, 1.54) is 24.0 Å². The zero-order valence-electron chi connectivity index (χ0n) is 10.1. The lowest BCUT2D eigenvalue weighted by molar-refractivity contribution is 1.12. The van der Waals surface area contributed by atoms with Crippen LogP contribution in [0.3, 0.4) is 0 Å². The predicted octanol–water partition coefficient (Wildman–Crippen LogP) is 5.39. The zero-order valence-corrected chi connectivity index (χ0v) is 10.9. The van der Waals surface area contributed by atoms with Crippen LogP contribution >= 0.6 is 11.6 Å². The van der Waals surface area contributed by atoms with Crippen molar-refractivity contribution in [3.8, 4) is 0 Å². The fraction of sp³-hybridized carbons (Fsp3) is 0.176. The highest BCUT2D eigenvalue weighted by Crippen LogP contribution is 2.42. The Balaban J connectivity index is 1.90. The molecule has 0 radical (unpaired) electrons. The van der Waals surface area contributed by atoms with E-state index in [0.717, 1.165) is 16.5 Å². The van der Waals surface area contributed by atoms with Crippen molar-refractivity contribution < 1.29 is 0 Å². The van der Waals surface area contributed by atoms with Gasteiger partial charge in [-0.25, -0.2) is 0 Å². The molecule has 1 fully saturated rings. The first-order valence-corrected chi connectivity index (χ1v) is 6.74. The Labute approximate surface area is 113 Å². The third-order valence-electron chi connectivity index (χ3n) is 3.36. The van der Waals surface area contributed by atoms with Crippen LogP contribution in [0.15, 0.2) is 48.5 Å². The smallest absolute Gasteiger partial charge is 0.0478 e. The molecule has 1 heteroatoms. The Morgan fingerprint density at radius 2 is 1.44 bits per heavy atom. The maximum atomic E-state index is 6.15. The van der Waals surface area contributed by atoms with Crippen molar-refractivity contribution in [2.24, 2.45) is 0 Å². The summed E-state index contributed by atoms with van der Waals surface area (Å²) in [7, 11) is 0. The third-order valence-corrected chi connectivity index (χ3v) is 3.71. The number of halogens is 1. The molecule has 0 spiro atoms. The summed E-state index contributed by atoms with van der Waals surface area (Å²) in [6, 6.07) is 16.6. The molecule has 1 aliphatic carbocycles. The van der Waals surface area contributed by atoms with E-state index < -0.39 is 0 Å². The van der Waals surface area contributed by atoms with Gasteiger partial charge in [0.05, 0.1) is 0 Å². The fourth-order valence-corrected chi connectivity index (χ4v) is 2.42. The first-order chi connectivity index (χ1) is 8.84. The second-order valence-electron chi connectivity index (χ2n) is 4.76. The van der Waals surface area contributed by atoms with Crippen LogP contribution in [0.25, 0.3) is 12.2 Å². The van der Waals surface area contributed by atoms with Gasteiger partial charge in [0, 0.05) is 5.02 Å². The standard InChI is InChI=1S/C17H15Cl/c18-17-8-4-2-6-15(17)12-11-13-5-1-3-7-16(13)14-9-10-14/h1-8,11-12,14H,9-10H2/b12-11+. The topological polar surface area (TPSA) is 0 Å². The van der Waals surface area contributed by atoms with E-state index in [0.29, 0.717) is 0 Å². The molecule has 1 aliphatic rings. The summed E-state index contributed by atoms with van der Waals surface area (Å²) in [4.78, 5) is 0. The molecular formula is C17H15Cl. The Morgan fingerprint density at radius 3 is 2.17 bits per heavy atom. The van der Waals surface area contributed by atoms with Crippen molar-refractivity contribution >= 4 is 23.8 Å². The molecule has 18 heavy (non-hydrogen) atoms. The number of benzene rings is 2. The fourth-order valence-electron chi connectivity index (χ4n) is 2.22. The lowest BCUT2D eigenvalue weighted by Crippen LogP contribution is -1.84. The summed E-state index contributed by atoms with van der Waals surface area (Å²) in [5.74, 6) is 0.775. The highest BCUT2D eigenvalue weighted by atomic mass is 35.5. The van der Waals surface area contributed by atoms with E-state index in [9.17, 15) is 0 Å². The minimum Gasteiger partial charge on any atom is -0.0837 e. The molecule has 2 aromatic carbocycles. The molecule has 0 heterocycles. The van der Waals surface area contributed by atoms with Crippen LogP contribution in [0.2, 0.25) is 5.02 Å². The van der Waals surface area contributed by atoms with E-state index in [-0.39, 0.29) is 0 Å². The normalized spacial score (nSPS) is 15.2. The minimum absolute atomic E-state index is 0.775. The number of rotatable bonds is 3. The van der Waals surface area contributed by atoms with Crippen molar-refractivity contribution in [1.82, 2.24) is 0 Å². The lowest BCUT2D eigenvalue weighted by atomic mass is 10.0. The van der Waals surface area contributed by atoms with E-state index in [1.807, 2.05) is 24.3 Å². The molecule has 0 aliphatic heterocycles. The van der Waals surface area contributed by atoms with Crippen LogP contribution in [0.4, 0.5) is 0 Å². The maximum Gasteiger partial charge on any atom is 0.0478 e. The predicted molar refractivity (Wildman–Crippen MR) is 78.8 cm³/mol. The summed E-state index contributed by atoms with van der Waals surface area (Å²) >= 11 is 6.15. The van der Waals surface area contributed by atoms with Gasteiger partial charge in [0.25, 0.3) is 0 Å². The highest BCUT2D eigenvalue weighted by molar-refractivity contribution is 6.32. The van der Waals surface area contributed by atoms with Crippen molar-refractivity contribution in [2.45, 2.75) is 18.8 Å². The van der Waals surface area contributed by atoms with Gasteiger partial charge in [-0.1, -0.05) is 66.2 Å². The minimum atomic E-state index is 0.775. The van der Waals surface area contributed by atoms with Gasteiger partial charge >= 0.3 is 0 Å². The largest absolute Gasteiger partial charge is 0.0837 e. The van der Waals surface area contributed by atoms with Gasteiger partial charge < -0.3 is 0 Å². The lowest BCUT2D eigenvalue weighted by Gasteiger charge is -2.04. The van der Waals surface area contributed by atoms with Gasteiger partial charge in [0.2, 0.25) is 0 Å². The molecular weight excluding hydrogens is 240 g/mol. The van der Waals surface area contributed by atoms with Crippen molar-refractivity contribution in [3.63, 3.8) is 0 Å². The molecule has 0 nitrogen and oxygen atoms in total. The third kappa shape index (κ3) is 2.49. The van der Waals surface area contributed by atoms with E-state index in [2.05, 4.69) is 36.4 Å². The Morgan fingerprint density at radius 1 is 0.833 bits per heavy atom. The van der Waals surface area contributed by atoms with Gasteiger partial charge in [-0.2, -0.15) is 0 Å². The van der Waals surface area contributed by atoms with E-state index in [1.54, 1.807) is 0 Å². The zero-order chi connectivity index (χ0) is 12.4. The second-order valence-corrected chi connectivity index (χ2v) is 5.17. The van der Waals surface area contributed by atoms with Gasteiger partial charge in [-0.3, -0.25) is 0 Å². The van der Waals surface area contributed by atoms with Crippen LogP contribution in [0.5, 0.6) is 0 Å². The van der Waals surface area contributed by atoms with Crippen LogP contribution < -0.4 is 0 Å².